The van der Waals surface area contributed by atoms with Gasteiger partial charge in [0.15, 0.2) is 0 Å². The van der Waals surface area contributed by atoms with E-state index < -0.39 is 0 Å². The Kier molecular flexibility index (Phi) is 14.0. The van der Waals surface area contributed by atoms with Gasteiger partial charge < -0.3 is 4.74 Å². The van der Waals surface area contributed by atoms with Crippen LogP contribution in [0, 0.1) is 11.8 Å². The zero-order chi connectivity index (χ0) is 17.5. The highest BCUT2D eigenvalue weighted by Gasteiger charge is 2.25. The molecule has 0 aromatic rings. The summed E-state index contributed by atoms with van der Waals surface area (Å²) in [6, 6.07) is 0. The summed E-state index contributed by atoms with van der Waals surface area (Å²) in [4.78, 5) is 0. The van der Waals surface area contributed by atoms with E-state index in [9.17, 15) is 0 Å². The summed E-state index contributed by atoms with van der Waals surface area (Å²) in [7, 11) is 0. The van der Waals surface area contributed by atoms with Gasteiger partial charge in [0.25, 0.3) is 0 Å². The predicted molar refractivity (Wildman–Crippen MR) is 108 cm³/mol. The third-order valence-corrected chi connectivity index (χ3v) is 5.60. The summed E-state index contributed by atoms with van der Waals surface area (Å²) in [5, 5.41) is 0. The second-order valence-electron chi connectivity index (χ2n) is 8.72. The van der Waals surface area contributed by atoms with Crippen LogP contribution in [-0.4, -0.2) is 12.7 Å². The first-order valence-electron chi connectivity index (χ1n) is 11.3. The van der Waals surface area contributed by atoms with Gasteiger partial charge in [-0.2, -0.15) is 0 Å². The van der Waals surface area contributed by atoms with Crippen LogP contribution >= 0.6 is 0 Å². The van der Waals surface area contributed by atoms with Crippen molar-refractivity contribution < 1.29 is 4.74 Å². The highest BCUT2D eigenvalue weighted by Crippen LogP contribution is 2.28. The summed E-state index contributed by atoms with van der Waals surface area (Å²) >= 11 is 0. The number of ether oxygens (including phenoxy) is 1. The molecule has 1 saturated heterocycles. The fourth-order valence-electron chi connectivity index (χ4n) is 4.20. The molecule has 1 heterocycles. The largest absolute Gasteiger partial charge is 0.378 e. The third kappa shape index (κ3) is 12.3. The Balaban J connectivity index is 1.77. The SMILES string of the molecule is CCCCCCCCCCCCCCCC1CC(CC(C)C)CO1. The predicted octanol–water partition coefficient (Wildman–Crippen LogP) is 7.92. The molecular weight excluding hydrogens is 292 g/mol. The van der Waals surface area contributed by atoms with Gasteiger partial charge in [-0.1, -0.05) is 104 Å². The normalized spacial score (nSPS) is 21.0. The number of unbranched alkanes of at least 4 members (excludes halogenated alkanes) is 12. The first-order chi connectivity index (χ1) is 11.7. The monoisotopic (exact) mass is 338 g/mol. The van der Waals surface area contributed by atoms with Gasteiger partial charge in [0.05, 0.1) is 6.10 Å². The maximum Gasteiger partial charge on any atom is 0.0578 e. The van der Waals surface area contributed by atoms with E-state index in [1.807, 2.05) is 0 Å². The fraction of sp³-hybridized carbons (Fsp3) is 1.00. The van der Waals surface area contributed by atoms with Crippen LogP contribution in [0.1, 0.15) is 124 Å². The van der Waals surface area contributed by atoms with Crippen molar-refractivity contribution in [2.45, 2.75) is 130 Å². The molecule has 1 fully saturated rings. The van der Waals surface area contributed by atoms with Gasteiger partial charge in [0.1, 0.15) is 0 Å². The summed E-state index contributed by atoms with van der Waals surface area (Å²) in [5.41, 5.74) is 0. The van der Waals surface area contributed by atoms with Crippen LogP contribution in [-0.2, 0) is 4.74 Å². The lowest BCUT2D eigenvalue weighted by molar-refractivity contribution is 0.0967. The molecule has 24 heavy (non-hydrogen) atoms. The number of hydrogen-bond donors (Lipinski definition) is 0. The van der Waals surface area contributed by atoms with Crippen LogP contribution in [0.3, 0.4) is 0 Å². The molecule has 0 aromatic heterocycles. The van der Waals surface area contributed by atoms with Crippen LogP contribution in [0.4, 0.5) is 0 Å². The number of rotatable bonds is 16. The van der Waals surface area contributed by atoms with E-state index in [-0.39, 0.29) is 0 Å². The molecule has 0 aromatic carbocycles. The van der Waals surface area contributed by atoms with Gasteiger partial charge >= 0.3 is 0 Å². The Morgan fingerprint density at radius 3 is 1.75 bits per heavy atom. The zero-order valence-electron chi connectivity index (χ0n) is 17.2. The van der Waals surface area contributed by atoms with Crippen molar-refractivity contribution >= 4 is 0 Å². The third-order valence-electron chi connectivity index (χ3n) is 5.60. The molecule has 0 aliphatic carbocycles. The molecular formula is C23H46O. The van der Waals surface area contributed by atoms with E-state index in [0.717, 1.165) is 18.4 Å². The van der Waals surface area contributed by atoms with Crippen LogP contribution in [0.2, 0.25) is 0 Å². The highest BCUT2D eigenvalue weighted by molar-refractivity contribution is 4.74. The Labute approximate surface area is 153 Å². The van der Waals surface area contributed by atoms with Gasteiger partial charge in [0, 0.05) is 6.61 Å². The first-order valence-corrected chi connectivity index (χ1v) is 11.3. The lowest BCUT2D eigenvalue weighted by atomic mass is 9.93. The van der Waals surface area contributed by atoms with E-state index >= 15 is 0 Å². The summed E-state index contributed by atoms with van der Waals surface area (Å²) in [6.45, 7) is 7.99. The molecule has 0 spiro atoms. The van der Waals surface area contributed by atoms with E-state index in [4.69, 9.17) is 4.74 Å². The molecule has 1 rings (SSSR count). The van der Waals surface area contributed by atoms with Crippen molar-refractivity contribution in [3.05, 3.63) is 0 Å². The quantitative estimate of drug-likeness (QED) is 0.260. The summed E-state index contributed by atoms with van der Waals surface area (Å²) in [5.74, 6) is 1.67. The van der Waals surface area contributed by atoms with Crippen LogP contribution < -0.4 is 0 Å². The Morgan fingerprint density at radius 1 is 0.750 bits per heavy atom. The average molecular weight is 339 g/mol. The van der Waals surface area contributed by atoms with Gasteiger partial charge in [-0.05, 0) is 31.1 Å². The molecule has 0 radical (unpaired) electrons. The Morgan fingerprint density at radius 2 is 1.25 bits per heavy atom. The molecule has 0 bridgehead atoms. The molecule has 1 aliphatic heterocycles. The van der Waals surface area contributed by atoms with Gasteiger partial charge in [0.2, 0.25) is 0 Å². The molecule has 1 heteroatoms. The average Bonchev–Trinajstić information content (AvgIpc) is 2.98. The van der Waals surface area contributed by atoms with Gasteiger partial charge in [-0.3, -0.25) is 0 Å². The van der Waals surface area contributed by atoms with Crippen LogP contribution in [0.25, 0.3) is 0 Å². The van der Waals surface area contributed by atoms with Gasteiger partial charge in [-0.15, -0.1) is 0 Å². The first kappa shape index (κ1) is 22.0. The van der Waals surface area contributed by atoms with Crippen molar-refractivity contribution in [2.75, 3.05) is 6.61 Å². The molecule has 1 nitrogen and oxygen atoms in total. The van der Waals surface area contributed by atoms with Crippen LogP contribution in [0.15, 0.2) is 0 Å². The van der Waals surface area contributed by atoms with Crippen molar-refractivity contribution in [1.82, 2.24) is 0 Å². The molecule has 0 N–H and O–H groups in total. The van der Waals surface area contributed by atoms with E-state index in [1.54, 1.807) is 0 Å². The number of hydrogen-bond acceptors (Lipinski definition) is 1. The zero-order valence-corrected chi connectivity index (χ0v) is 17.2. The lowest BCUT2D eigenvalue weighted by Crippen LogP contribution is -2.05. The standard InChI is InChI=1S/C23H46O/c1-4-5-6-7-8-9-10-11-12-13-14-15-16-17-23-19-22(20-24-23)18-21(2)3/h21-23H,4-20H2,1-3H3. The molecule has 2 unspecified atom stereocenters. The molecule has 1 aliphatic rings. The molecule has 144 valence electrons. The molecule has 0 amide bonds. The summed E-state index contributed by atoms with van der Waals surface area (Å²) in [6.07, 6.45) is 23.4. The lowest BCUT2D eigenvalue weighted by Gasteiger charge is -2.11. The Hall–Kier alpha value is -0.0400. The maximum atomic E-state index is 5.97. The van der Waals surface area contributed by atoms with Gasteiger partial charge in [-0.25, -0.2) is 0 Å². The minimum Gasteiger partial charge on any atom is -0.378 e. The maximum absolute atomic E-state index is 5.97. The Bertz CT molecular complexity index is 261. The van der Waals surface area contributed by atoms with Crippen molar-refractivity contribution in [2.24, 2.45) is 11.8 Å². The van der Waals surface area contributed by atoms with Crippen molar-refractivity contribution in [3.8, 4) is 0 Å². The minimum absolute atomic E-state index is 0.585. The second-order valence-corrected chi connectivity index (χ2v) is 8.72. The topological polar surface area (TPSA) is 9.23 Å². The van der Waals surface area contributed by atoms with Crippen molar-refractivity contribution in [1.29, 1.82) is 0 Å². The fourth-order valence-corrected chi connectivity index (χ4v) is 4.20. The minimum atomic E-state index is 0.585. The second kappa shape index (κ2) is 15.2. The smallest absolute Gasteiger partial charge is 0.0578 e. The molecule has 2 atom stereocenters. The van der Waals surface area contributed by atoms with E-state index in [0.29, 0.717) is 6.10 Å². The van der Waals surface area contributed by atoms with E-state index in [2.05, 4.69) is 20.8 Å². The highest BCUT2D eigenvalue weighted by atomic mass is 16.5. The van der Waals surface area contributed by atoms with Crippen LogP contribution in [0.5, 0.6) is 0 Å². The summed E-state index contributed by atoms with van der Waals surface area (Å²) < 4.78 is 5.97. The van der Waals surface area contributed by atoms with E-state index in [1.165, 1.54) is 103 Å². The van der Waals surface area contributed by atoms with Crippen molar-refractivity contribution in [3.63, 3.8) is 0 Å². The molecule has 0 saturated carbocycles.